The number of piperazine rings is 1. The lowest BCUT2D eigenvalue weighted by molar-refractivity contribution is -0.120. The van der Waals surface area contributed by atoms with Crippen LogP contribution in [-0.2, 0) is 4.79 Å². The number of nitrogens with zero attached hydrogens (tertiary/aromatic N) is 3. The van der Waals surface area contributed by atoms with Crippen molar-refractivity contribution in [2.45, 2.75) is 0 Å². The molecular formula is C20H24ClN3O2. The molecule has 0 saturated carbocycles. The van der Waals surface area contributed by atoms with Crippen molar-refractivity contribution in [1.82, 2.24) is 4.90 Å². The summed E-state index contributed by atoms with van der Waals surface area (Å²) in [5.41, 5.74) is 2.16. The van der Waals surface area contributed by atoms with E-state index < -0.39 is 0 Å². The molecule has 0 atom stereocenters. The van der Waals surface area contributed by atoms with Crippen LogP contribution in [0.3, 0.4) is 0 Å². The average Bonchev–Trinajstić information content (AvgIpc) is 2.68. The number of hydrogen-bond acceptors (Lipinski definition) is 5. The lowest BCUT2D eigenvalue weighted by Crippen LogP contribution is -2.48. The Morgan fingerprint density at radius 3 is 2.46 bits per heavy atom. The van der Waals surface area contributed by atoms with Gasteiger partial charge in [-0.3, -0.25) is 9.69 Å². The Hall–Kier alpha value is -2.24. The standard InChI is InChI=1S/C20H24ClN3O2/c1-22(19-4-2-3-5-20(19)26-16-25)10-11-23-12-14-24(15-13-23)18-8-6-17(21)7-9-18/h2-9,16H,10-15H2,1H3. The molecule has 1 saturated heterocycles. The number of carbonyl (C=O) groups excluding carboxylic acids is 1. The quantitative estimate of drug-likeness (QED) is 0.697. The molecule has 0 N–H and O–H groups in total. The van der Waals surface area contributed by atoms with Gasteiger partial charge in [-0.1, -0.05) is 23.7 Å². The highest BCUT2D eigenvalue weighted by molar-refractivity contribution is 6.30. The summed E-state index contributed by atoms with van der Waals surface area (Å²) in [5.74, 6) is 0.595. The molecular weight excluding hydrogens is 350 g/mol. The molecule has 1 fully saturated rings. The van der Waals surface area contributed by atoms with Gasteiger partial charge in [-0.05, 0) is 36.4 Å². The van der Waals surface area contributed by atoms with Crippen molar-refractivity contribution in [3.05, 3.63) is 53.6 Å². The number of carbonyl (C=O) groups is 1. The topological polar surface area (TPSA) is 36.0 Å². The van der Waals surface area contributed by atoms with Crippen LogP contribution < -0.4 is 14.5 Å². The fraction of sp³-hybridized carbons (Fsp3) is 0.350. The fourth-order valence-electron chi connectivity index (χ4n) is 3.22. The van der Waals surface area contributed by atoms with E-state index in [9.17, 15) is 4.79 Å². The van der Waals surface area contributed by atoms with Crippen LogP contribution in [-0.4, -0.2) is 57.7 Å². The summed E-state index contributed by atoms with van der Waals surface area (Å²) in [5, 5.41) is 0.772. The molecule has 2 aromatic rings. The summed E-state index contributed by atoms with van der Waals surface area (Å²) in [6, 6.07) is 15.6. The molecule has 138 valence electrons. The van der Waals surface area contributed by atoms with Crippen LogP contribution in [0.4, 0.5) is 11.4 Å². The maximum atomic E-state index is 10.7. The first-order valence-electron chi connectivity index (χ1n) is 8.81. The van der Waals surface area contributed by atoms with Crippen LogP contribution in [0.2, 0.25) is 5.02 Å². The lowest BCUT2D eigenvalue weighted by Gasteiger charge is -2.37. The number of ether oxygens (including phenoxy) is 1. The second kappa shape index (κ2) is 8.92. The molecule has 1 aliphatic heterocycles. The number of para-hydroxylation sites is 2. The van der Waals surface area contributed by atoms with Crippen molar-refractivity contribution < 1.29 is 9.53 Å². The normalized spacial score (nSPS) is 14.9. The Morgan fingerprint density at radius 1 is 1.08 bits per heavy atom. The van der Waals surface area contributed by atoms with E-state index in [2.05, 4.69) is 26.8 Å². The molecule has 5 nitrogen and oxygen atoms in total. The zero-order chi connectivity index (χ0) is 18.4. The molecule has 0 amide bonds. The molecule has 0 aliphatic carbocycles. The predicted octanol–water partition coefficient (Wildman–Crippen LogP) is 3.13. The number of hydrogen-bond donors (Lipinski definition) is 0. The van der Waals surface area contributed by atoms with E-state index in [-0.39, 0.29) is 0 Å². The first-order valence-corrected chi connectivity index (χ1v) is 9.18. The Bertz CT molecular complexity index is 715. The summed E-state index contributed by atoms with van der Waals surface area (Å²) in [6.07, 6.45) is 0. The molecule has 0 bridgehead atoms. The van der Waals surface area contributed by atoms with Crippen molar-refractivity contribution in [2.75, 3.05) is 56.1 Å². The molecule has 0 radical (unpaired) electrons. The molecule has 1 aliphatic rings. The van der Waals surface area contributed by atoms with Gasteiger partial charge in [0.15, 0.2) is 5.75 Å². The van der Waals surface area contributed by atoms with Gasteiger partial charge in [0.1, 0.15) is 0 Å². The minimum absolute atomic E-state index is 0.475. The van der Waals surface area contributed by atoms with Crippen LogP contribution in [0.1, 0.15) is 0 Å². The van der Waals surface area contributed by atoms with Crippen LogP contribution in [0.5, 0.6) is 5.75 Å². The van der Waals surface area contributed by atoms with Gasteiger partial charge in [-0.15, -0.1) is 0 Å². The Labute approximate surface area is 159 Å². The molecule has 0 spiro atoms. The number of benzene rings is 2. The smallest absolute Gasteiger partial charge is 0.298 e. The minimum atomic E-state index is 0.475. The Morgan fingerprint density at radius 2 is 1.77 bits per heavy atom. The van der Waals surface area contributed by atoms with Gasteiger partial charge in [-0.2, -0.15) is 0 Å². The summed E-state index contributed by atoms with van der Waals surface area (Å²) >= 11 is 5.97. The molecule has 3 rings (SSSR count). The van der Waals surface area contributed by atoms with E-state index in [4.69, 9.17) is 16.3 Å². The van der Waals surface area contributed by atoms with Gasteiger partial charge in [0.2, 0.25) is 0 Å². The van der Waals surface area contributed by atoms with E-state index in [0.29, 0.717) is 12.2 Å². The van der Waals surface area contributed by atoms with E-state index in [1.807, 2.05) is 43.4 Å². The molecule has 0 aromatic heterocycles. The largest absolute Gasteiger partial charge is 0.427 e. The maximum Gasteiger partial charge on any atom is 0.298 e. The first kappa shape index (κ1) is 18.5. The predicted molar refractivity (Wildman–Crippen MR) is 107 cm³/mol. The maximum absolute atomic E-state index is 10.7. The first-order chi connectivity index (χ1) is 12.7. The summed E-state index contributed by atoms with van der Waals surface area (Å²) in [4.78, 5) is 17.6. The fourth-order valence-corrected chi connectivity index (χ4v) is 3.34. The number of halogens is 1. The number of rotatable bonds is 7. The second-order valence-electron chi connectivity index (χ2n) is 6.41. The minimum Gasteiger partial charge on any atom is -0.427 e. The highest BCUT2D eigenvalue weighted by Crippen LogP contribution is 2.26. The highest BCUT2D eigenvalue weighted by Gasteiger charge is 2.18. The van der Waals surface area contributed by atoms with Gasteiger partial charge in [0.05, 0.1) is 5.69 Å². The Kier molecular flexibility index (Phi) is 6.36. The van der Waals surface area contributed by atoms with E-state index in [1.54, 1.807) is 0 Å². The van der Waals surface area contributed by atoms with E-state index in [0.717, 1.165) is 50.0 Å². The second-order valence-corrected chi connectivity index (χ2v) is 6.84. The third-order valence-electron chi connectivity index (χ3n) is 4.77. The van der Waals surface area contributed by atoms with Gasteiger partial charge in [0, 0.05) is 57.0 Å². The zero-order valence-electron chi connectivity index (χ0n) is 15.0. The van der Waals surface area contributed by atoms with Crippen molar-refractivity contribution in [2.24, 2.45) is 0 Å². The SMILES string of the molecule is CN(CCN1CCN(c2ccc(Cl)cc2)CC1)c1ccccc1OC=O. The van der Waals surface area contributed by atoms with Crippen LogP contribution in [0, 0.1) is 0 Å². The summed E-state index contributed by atoms with van der Waals surface area (Å²) in [6.45, 7) is 6.40. The average molecular weight is 374 g/mol. The zero-order valence-corrected chi connectivity index (χ0v) is 15.7. The van der Waals surface area contributed by atoms with Crippen molar-refractivity contribution in [3.8, 4) is 5.75 Å². The van der Waals surface area contributed by atoms with Gasteiger partial charge in [-0.25, -0.2) is 0 Å². The number of anilines is 2. The highest BCUT2D eigenvalue weighted by atomic mass is 35.5. The summed E-state index contributed by atoms with van der Waals surface area (Å²) < 4.78 is 5.07. The molecule has 2 aromatic carbocycles. The molecule has 26 heavy (non-hydrogen) atoms. The van der Waals surface area contributed by atoms with Crippen molar-refractivity contribution >= 4 is 29.4 Å². The van der Waals surface area contributed by atoms with Crippen LogP contribution in [0.25, 0.3) is 0 Å². The van der Waals surface area contributed by atoms with Gasteiger partial charge >= 0.3 is 0 Å². The van der Waals surface area contributed by atoms with Crippen LogP contribution >= 0.6 is 11.6 Å². The molecule has 6 heteroatoms. The van der Waals surface area contributed by atoms with Crippen molar-refractivity contribution in [1.29, 1.82) is 0 Å². The number of likely N-dealkylation sites (N-methyl/N-ethyl adjacent to an activating group) is 1. The summed E-state index contributed by atoms with van der Waals surface area (Å²) in [7, 11) is 2.02. The third-order valence-corrected chi connectivity index (χ3v) is 5.02. The lowest BCUT2D eigenvalue weighted by atomic mass is 10.2. The van der Waals surface area contributed by atoms with Crippen molar-refractivity contribution in [3.63, 3.8) is 0 Å². The molecule has 1 heterocycles. The van der Waals surface area contributed by atoms with E-state index in [1.165, 1.54) is 5.69 Å². The monoisotopic (exact) mass is 373 g/mol. The van der Waals surface area contributed by atoms with Gasteiger partial charge in [0.25, 0.3) is 6.47 Å². The van der Waals surface area contributed by atoms with Gasteiger partial charge < -0.3 is 14.5 Å². The Balaban J connectivity index is 1.49. The van der Waals surface area contributed by atoms with Crippen LogP contribution in [0.15, 0.2) is 48.5 Å². The third kappa shape index (κ3) is 4.68. The van der Waals surface area contributed by atoms with E-state index >= 15 is 0 Å². The molecule has 0 unspecified atom stereocenters.